The van der Waals surface area contributed by atoms with Crippen molar-refractivity contribution in [3.8, 4) is 0 Å². The Morgan fingerprint density at radius 1 is 1.21 bits per heavy atom. The fraction of sp³-hybridized carbons (Fsp3) is 0.600. The van der Waals surface area contributed by atoms with Crippen LogP contribution >= 0.6 is 24.0 Å². The number of hydrogen-bond donors (Lipinski definition) is 3. The third-order valence-corrected chi connectivity index (χ3v) is 4.41. The Balaban J connectivity index is 0.00000392. The first kappa shape index (κ1) is 24.3. The first-order chi connectivity index (χ1) is 13.2. The molecule has 2 rings (SSSR count). The van der Waals surface area contributed by atoms with E-state index in [1.165, 1.54) is 0 Å². The summed E-state index contributed by atoms with van der Waals surface area (Å²) >= 11 is 0. The number of para-hydroxylation sites is 1. The van der Waals surface area contributed by atoms with Gasteiger partial charge in [-0.15, -0.1) is 24.0 Å². The van der Waals surface area contributed by atoms with Gasteiger partial charge < -0.3 is 25.6 Å². The summed E-state index contributed by atoms with van der Waals surface area (Å²) in [5.74, 6) is 0.854. The number of nitrogens with zero attached hydrogens (tertiary/aromatic N) is 2. The summed E-state index contributed by atoms with van der Waals surface area (Å²) in [7, 11) is 0. The molecule has 0 atom stereocenters. The highest BCUT2D eigenvalue weighted by Crippen LogP contribution is 2.11. The van der Waals surface area contributed by atoms with Gasteiger partial charge in [0.15, 0.2) is 5.96 Å². The van der Waals surface area contributed by atoms with Gasteiger partial charge in [-0.2, -0.15) is 0 Å². The van der Waals surface area contributed by atoms with Gasteiger partial charge in [0.25, 0.3) is 0 Å². The van der Waals surface area contributed by atoms with Crippen LogP contribution in [-0.4, -0.2) is 62.3 Å². The standard InChI is InChI=1S/C20H33N5O2.HI/c1-3-21-19(23-14-8-13-22-17-9-6-5-7-10-17)24-18-11-15-25(16-12-18)20(26)27-4-2;/h5-7,9-10,18,22H,3-4,8,11-16H2,1-2H3,(H2,21,23,24);1H. The smallest absolute Gasteiger partial charge is 0.409 e. The molecule has 28 heavy (non-hydrogen) atoms. The molecule has 0 saturated carbocycles. The number of benzene rings is 1. The van der Waals surface area contributed by atoms with Gasteiger partial charge in [0, 0.05) is 44.5 Å². The van der Waals surface area contributed by atoms with Crippen molar-refractivity contribution in [2.75, 3.05) is 44.6 Å². The van der Waals surface area contributed by atoms with Gasteiger partial charge in [0.05, 0.1) is 6.61 Å². The zero-order valence-electron chi connectivity index (χ0n) is 16.9. The first-order valence-electron chi connectivity index (χ1n) is 9.98. The number of rotatable bonds is 8. The molecule has 158 valence electrons. The summed E-state index contributed by atoms with van der Waals surface area (Å²) in [6.45, 7) is 8.25. The molecule has 1 amide bonds. The number of likely N-dealkylation sites (tertiary alicyclic amines) is 1. The molecule has 0 aromatic heterocycles. The Kier molecular flexibility index (Phi) is 12.4. The molecule has 1 fully saturated rings. The predicted molar refractivity (Wildman–Crippen MR) is 126 cm³/mol. The number of guanidine groups is 1. The number of carbonyl (C=O) groups is 1. The van der Waals surface area contributed by atoms with Crippen LogP contribution in [0, 0.1) is 0 Å². The summed E-state index contributed by atoms with van der Waals surface area (Å²) in [4.78, 5) is 18.2. The van der Waals surface area contributed by atoms with E-state index >= 15 is 0 Å². The number of ether oxygens (including phenoxy) is 1. The predicted octanol–water partition coefficient (Wildman–Crippen LogP) is 3.28. The number of nitrogens with one attached hydrogen (secondary N) is 3. The molecule has 0 unspecified atom stereocenters. The van der Waals surface area contributed by atoms with Crippen molar-refractivity contribution >= 4 is 41.7 Å². The van der Waals surface area contributed by atoms with Crippen molar-refractivity contribution in [2.24, 2.45) is 4.99 Å². The number of halogens is 1. The number of amides is 1. The largest absolute Gasteiger partial charge is 0.450 e. The summed E-state index contributed by atoms with van der Waals surface area (Å²) < 4.78 is 5.07. The van der Waals surface area contributed by atoms with Crippen molar-refractivity contribution in [2.45, 2.75) is 39.2 Å². The molecule has 1 aliphatic rings. The molecule has 1 saturated heterocycles. The van der Waals surface area contributed by atoms with Gasteiger partial charge in [-0.05, 0) is 45.2 Å². The van der Waals surface area contributed by atoms with Crippen LogP contribution in [0.3, 0.4) is 0 Å². The van der Waals surface area contributed by atoms with Crippen LogP contribution < -0.4 is 16.0 Å². The molecule has 0 spiro atoms. The van der Waals surface area contributed by atoms with Crippen molar-refractivity contribution in [1.29, 1.82) is 0 Å². The third kappa shape index (κ3) is 8.99. The van der Waals surface area contributed by atoms with E-state index in [4.69, 9.17) is 4.74 Å². The minimum absolute atomic E-state index is 0. The van der Waals surface area contributed by atoms with Crippen molar-refractivity contribution in [3.05, 3.63) is 30.3 Å². The average molecular weight is 503 g/mol. The molecule has 0 aliphatic carbocycles. The molecule has 1 aliphatic heterocycles. The lowest BCUT2D eigenvalue weighted by molar-refractivity contribution is 0.0963. The molecule has 0 bridgehead atoms. The Morgan fingerprint density at radius 2 is 1.93 bits per heavy atom. The summed E-state index contributed by atoms with van der Waals surface area (Å²) in [5.41, 5.74) is 1.14. The highest BCUT2D eigenvalue weighted by Gasteiger charge is 2.23. The fourth-order valence-corrected chi connectivity index (χ4v) is 2.99. The number of aliphatic imine (C=N–C) groups is 1. The molecule has 1 heterocycles. The average Bonchev–Trinajstić information content (AvgIpc) is 2.69. The van der Waals surface area contributed by atoms with Crippen molar-refractivity contribution in [1.82, 2.24) is 15.5 Å². The minimum Gasteiger partial charge on any atom is -0.450 e. The second kappa shape index (κ2) is 14.3. The van der Waals surface area contributed by atoms with Crippen LogP contribution in [0.4, 0.5) is 10.5 Å². The van der Waals surface area contributed by atoms with Gasteiger partial charge in [-0.25, -0.2) is 4.79 Å². The molecular weight excluding hydrogens is 469 g/mol. The molecule has 3 N–H and O–H groups in total. The summed E-state index contributed by atoms with van der Waals surface area (Å²) in [5, 5.41) is 10.2. The van der Waals surface area contributed by atoms with Gasteiger partial charge in [0.2, 0.25) is 0 Å². The number of carbonyl (C=O) groups excluding carboxylic acids is 1. The zero-order valence-corrected chi connectivity index (χ0v) is 19.3. The molecule has 7 nitrogen and oxygen atoms in total. The van der Waals surface area contributed by atoms with Crippen molar-refractivity contribution in [3.63, 3.8) is 0 Å². The highest BCUT2D eigenvalue weighted by atomic mass is 127. The Hall–Kier alpha value is -1.71. The maximum absolute atomic E-state index is 11.8. The molecule has 1 aromatic rings. The fourth-order valence-electron chi connectivity index (χ4n) is 2.99. The Bertz CT molecular complexity index is 577. The maximum atomic E-state index is 11.8. The van der Waals surface area contributed by atoms with E-state index in [9.17, 15) is 4.79 Å². The monoisotopic (exact) mass is 503 g/mol. The normalized spacial score (nSPS) is 14.8. The Labute approximate surface area is 185 Å². The van der Waals surface area contributed by atoms with Crippen LogP contribution in [-0.2, 0) is 4.74 Å². The molecular formula is C20H34IN5O2. The minimum atomic E-state index is -0.206. The highest BCUT2D eigenvalue weighted by molar-refractivity contribution is 14.0. The van der Waals surface area contributed by atoms with Crippen LogP contribution in [0.1, 0.15) is 33.1 Å². The number of hydrogen-bond acceptors (Lipinski definition) is 4. The molecule has 1 aromatic carbocycles. The maximum Gasteiger partial charge on any atom is 0.409 e. The molecule has 8 heteroatoms. The number of anilines is 1. The zero-order chi connectivity index (χ0) is 19.3. The van der Waals surface area contributed by atoms with Crippen LogP contribution in [0.25, 0.3) is 0 Å². The van der Waals surface area contributed by atoms with E-state index in [-0.39, 0.29) is 30.1 Å². The van der Waals surface area contributed by atoms with Crippen LogP contribution in [0.15, 0.2) is 35.3 Å². The topological polar surface area (TPSA) is 78.0 Å². The van der Waals surface area contributed by atoms with Crippen LogP contribution in [0.5, 0.6) is 0 Å². The second-order valence-electron chi connectivity index (χ2n) is 6.51. The van der Waals surface area contributed by atoms with E-state index in [0.29, 0.717) is 12.6 Å². The van der Waals surface area contributed by atoms with Crippen molar-refractivity contribution < 1.29 is 9.53 Å². The second-order valence-corrected chi connectivity index (χ2v) is 6.51. The quantitative estimate of drug-likeness (QED) is 0.220. The van der Waals surface area contributed by atoms with Gasteiger partial charge in [-0.1, -0.05) is 18.2 Å². The van der Waals surface area contributed by atoms with E-state index < -0.39 is 0 Å². The lowest BCUT2D eigenvalue weighted by Gasteiger charge is -2.32. The third-order valence-electron chi connectivity index (χ3n) is 4.41. The van der Waals surface area contributed by atoms with E-state index in [1.54, 1.807) is 4.90 Å². The first-order valence-corrected chi connectivity index (χ1v) is 9.98. The SMILES string of the molecule is CCNC(=NCCCNc1ccccc1)NC1CCN(C(=O)OCC)CC1.I. The lowest BCUT2D eigenvalue weighted by atomic mass is 10.1. The molecule has 0 radical (unpaired) electrons. The van der Waals surface area contributed by atoms with E-state index in [2.05, 4.69) is 40.0 Å². The lowest BCUT2D eigenvalue weighted by Crippen LogP contribution is -2.50. The summed E-state index contributed by atoms with van der Waals surface area (Å²) in [6.07, 6.45) is 2.56. The van der Waals surface area contributed by atoms with Gasteiger partial charge in [0.1, 0.15) is 0 Å². The Morgan fingerprint density at radius 3 is 2.57 bits per heavy atom. The number of piperidine rings is 1. The van der Waals surface area contributed by atoms with Gasteiger partial charge >= 0.3 is 6.09 Å². The van der Waals surface area contributed by atoms with Crippen LogP contribution in [0.2, 0.25) is 0 Å². The van der Waals surface area contributed by atoms with E-state index in [1.807, 2.05) is 25.1 Å². The van der Waals surface area contributed by atoms with Gasteiger partial charge in [-0.3, -0.25) is 4.99 Å². The summed E-state index contributed by atoms with van der Waals surface area (Å²) in [6, 6.07) is 10.5. The van der Waals surface area contributed by atoms with E-state index in [0.717, 1.165) is 63.6 Å².